The molecule has 2 saturated carbocycles. The van der Waals surface area contributed by atoms with Gasteiger partial charge in [-0.05, 0) is 39.5 Å². The molecule has 0 radical (unpaired) electrons. The van der Waals surface area contributed by atoms with E-state index in [1.165, 1.54) is 70.3 Å². The fourth-order valence-electron chi connectivity index (χ4n) is 4.40. The van der Waals surface area contributed by atoms with E-state index in [1.807, 2.05) is 13.8 Å². The SMILES string of the molecule is CCOP(=O)(OCC)/C(=C/C#N)CN(C1CCCCC1)C1CCCCC1. The second-order valence-corrected chi connectivity index (χ2v) is 9.44. The van der Waals surface area contributed by atoms with Crippen LogP contribution in [-0.2, 0) is 13.6 Å². The summed E-state index contributed by atoms with van der Waals surface area (Å²) in [5.74, 6) is 0. The average molecular weight is 382 g/mol. The molecule has 0 heterocycles. The van der Waals surface area contributed by atoms with Crippen molar-refractivity contribution in [2.24, 2.45) is 0 Å². The summed E-state index contributed by atoms with van der Waals surface area (Å²) in [5.41, 5.74) is 0. The Balaban J connectivity index is 2.25. The highest BCUT2D eigenvalue weighted by atomic mass is 31.2. The second kappa shape index (κ2) is 11.2. The Morgan fingerprint density at radius 3 is 1.85 bits per heavy atom. The van der Waals surface area contributed by atoms with Gasteiger partial charge in [0, 0.05) is 24.7 Å². The van der Waals surface area contributed by atoms with Crippen LogP contribution in [0.5, 0.6) is 0 Å². The summed E-state index contributed by atoms with van der Waals surface area (Å²) in [7, 11) is -3.41. The molecule has 0 N–H and O–H groups in total. The van der Waals surface area contributed by atoms with Crippen molar-refractivity contribution in [3.05, 3.63) is 11.4 Å². The lowest BCUT2D eigenvalue weighted by Gasteiger charge is -2.42. The van der Waals surface area contributed by atoms with Crippen molar-refractivity contribution < 1.29 is 13.6 Å². The van der Waals surface area contributed by atoms with E-state index in [9.17, 15) is 9.83 Å². The van der Waals surface area contributed by atoms with Crippen molar-refractivity contribution in [3.63, 3.8) is 0 Å². The Bertz CT molecular complexity index is 504. The smallest absolute Gasteiger partial charge is 0.306 e. The number of nitriles is 1. The second-order valence-electron chi connectivity index (χ2n) is 7.35. The molecule has 0 aliphatic heterocycles. The molecule has 5 nitrogen and oxygen atoms in total. The fourth-order valence-corrected chi connectivity index (χ4v) is 6.04. The van der Waals surface area contributed by atoms with Crippen molar-refractivity contribution in [1.82, 2.24) is 4.90 Å². The Kier molecular flexibility index (Phi) is 9.36. The Hall–Kier alpha value is -0.660. The highest BCUT2D eigenvalue weighted by Gasteiger charge is 2.35. The van der Waals surface area contributed by atoms with E-state index in [2.05, 4.69) is 11.0 Å². The molecule has 148 valence electrons. The van der Waals surface area contributed by atoms with E-state index in [0.717, 1.165) is 0 Å². The summed E-state index contributed by atoms with van der Waals surface area (Å²) < 4.78 is 24.4. The lowest BCUT2D eigenvalue weighted by molar-refractivity contribution is 0.0911. The predicted octanol–water partition coefficient (Wildman–Crippen LogP) is 5.63. The van der Waals surface area contributed by atoms with Gasteiger partial charge >= 0.3 is 7.60 Å². The van der Waals surface area contributed by atoms with E-state index in [4.69, 9.17) is 9.05 Å². The lowest BCUT2D eigenvalue weighted by atomic mass is 9.88. The molecule has 0 aromatic heterocycles. The van der Waals surface area contributed by atoms with Crippen LogP contribution in [0.25, 0.3) is 0 Å². The van der Waals surface area contributed by atoms with Crippen molar-refractivity contribution in [2.75, 3.05) is 19.8 Å². The van der Waals surface area contributed by atoms with Crippen LogP contribution in [0.4, 0.5) is 0 Å². The predicted molar refractivity (Wildman–Crippen MR) is 105 cm³/mol. The normalized spacial score (nSPS) is 21.1. The molecule has 2 aliphatic carbocycles. The van der Waals surface area contributed by atoms with Crippen molar-refractivity contribution in [3.8, 4) is 6.07 Å². The summed E-state index contributed by atoms with van der Waals surface area (Å²) in [6.07, 6.45) is 13.9. The molecule has 0 spiro atoms. The first-order chi connectivity index (χ1) is 12.6. The zero-order valence-electron chi connectivity index (χ0n) is 16.5. The average Bonchev–Trinajstić information content (AvgIpc) is 2.67. The third kappa shape index (κ3) is 5.92. The Morgan fingerprint density at radius 1 is 1.00 bits per heavy atom. The lowest BCUT2D eigenvalue weighted by Crippen LogP contribution is -2.46. The number of nitrogens with zero attached hydrogens (tertiary/aromatic N) is 2. The van der Waals surface area contributed by atoms with Gasteiger partial charge in [-0.15, -0.1) is 0 Å². The first-order valence-electron chi connectivity index (χ1n) is 10.4. The summed E-state index contributed by atoms with van der Waals surface area (Å²) in [6.45, 7) is 4.78. The molecular weight excluding hydrogens is 347 g/mol. The minimum absolute atomic E-state index is 0.312. The highest BCUT2D eigenvalue weighted by molar-refractivity contribution is 7.58. The Labute approximate surface area is 159 Å². The zero-order valence-corrected chi connectivity index (χ0v) is 17.4. The maximum Gasteiger partial charge on any atom is 0.359 e. The summed E-state index contributed by atoms with van der Waals surface area (Å²) >= 11 is 0. The van der Waals surface area contributed by atoms with Gasteiger partial charge in [0.25, 0.3) is 0 Å². The van der Waals surface area contributed by atoms with E-state index in [0.29, 0.717) is 37.2 Å². The maximum atomic E-state index is 13.3. The van der Waals surface area contributed by atoms with Crippen LogP contribution in [0, 0.1) is 11.3 Å². The molecular formula is C20H35N2O3P. The number of hydrogen-bond donors (Lipinski definition) is 0. The fraction of sp³-hybridized carbons (Fsp3) is 0.850. The highest BCUT2D eigenvalue weighted by Crippen LogP contribution is 2.56. The van der Waals surface area contributed by atoms with Gasteiger partial charge in [0.2, 0.25) is 0 Å². The van der Waals surface area contributed by atoms with Gasteiger partial charge in [-0.2, -0.15) is 5.26 Å². The van der Waals surface area contributed by atoms with E-state index in [1.54, 1.807) is 0 Å². The largest absolute Gasteiger partial charge is 0.359 e. The number of hydrogen-bond acceptors (Lipinski definition) is 5. The van der Waals surface area contributed by atoms with Crippen LogP contribution in [0.15, 0.2) is 11.4 Å². The van der Waals surface area contributed by atoms with Crippen LogP contribution < -0.4 is 0 Å². The van der Waals surface area contributed by atoms with Crippen molar-refractivity contribution >= 4 is 7.60 Å². The van der Waals surface area contributed by atoms with Crippen LogP contribution in [-0.4, -0.2) is 36.7 Å². The molecule has 0 aromatic rings. The third-order valence-electron chi connectivity index (χ3n) is 5.61. The minimum atomic E-state index is -3.41. The van der Waals surface area contributed by atoms with E-state index in [-0.39, 0.29) is 0 Å². The maximum absolute atomic E-state index is 13.3. The molecule has 2 aliphatic rings. The molecule has 0 bridgehead atoms. The van der Waals surface area contributed by atoms with Crippen LogP contribution >= 0.6 is 7.60 Å². The molecule has 2 rings (SSSR count). The van der Waals surface area contributed by atoms with Gasteiger partial charge in [0.15, 0.2) is 0 Å². The third-order valence-corrected chi connectivity index (χ3v) is 7.78. The van der Waals surface area contributed by atoms with E-state index >= 15 is 0 Å². The molecule has 0 unspecified atom stereocenters. The topological polar surface area (TPSA) is 62.6 Å². The molecule has 26 heavy (non-hydrogen) atoms. The summed E-state index contributed by atoms with van der Waals surface area (Å²) in [5, 5.41) is 9.82. The number of rotatable bonds is 9. The van der Waals surface area contributed by atoms with E-state index < -0.39 is 7.60 Å². The van der Waals surface area contributed by atoms with Crippen LogP contribution in [0.2, 0.25) is 0 Å². The molecule has 0 saturated heterocycles. The molecule has 0 atom stereocenters. The Morgan fingerprint density at radius 2 is 1.46 bits per heavy atom. The summed E-state index contributed by atoms with van der Waals surface area (Å²) in [6, 6.07) is 3.12. The minimum Gasteiger partial charge on any atom is -0.306 e. The van der Waals surface area contributed by atoms with Gasteiger partial charge in [-0.25, -0.2) is 0 Å². The molecule has 2 fully saturated rings. The monoisotopic (exact) mass is 382 g/mol. The van der Waals surface area contributed by atoms with Crippen molar-refractivity contribution in [2.45, 2.75) is 90.1 Å². The first kappa shape index (κ1) is 21.6. The summed E-state index contributed by atoms with van der Waals surface area (Å²) in [4.78, 5) is 2.53. The molecule has 6 heteroatoms. The van der Waals surface area contributed by atoms with Gasteiger partial charge in [-0.1, -0.05) is 38.5 Å². The van der Waals surface area contributed by atoms with Gasteiger partial charge in [0.05, 0.1) is 24.6 Å². The standard InChI is InChI=1S/C20H35N2O3P/c1-3-24-26(23,25-4-2)20(15-16-21)17-22(18-11-7-5-8-12-18)19-13-9-6-10-14-19/h15,18-19H,3-14,17H2,1-2H3/b20-15+. The molecule has 0 amide bonds. The zero-order chi connectivity index (χ0) is 18.8. The van der Waals surface area contributed by atoms with Crippen LogP contribution in [0.1, 0.15) is 78.1 Å². The van der Waals surface area contributed by atoms with Crippen LogP contribution in [0.3, 0.4) is 0 Å². The first-order valence-corrected chi connectivity index (χ1v) is 11.9. The van der Waals surface area contributed by atoms with Gasteiger partial charge in [0.1, 0.15) is 0 Å². The van der Waals surface area contributed by atoms with Gasteiger partial charge < -0.3 is 9.05 Å². The quantitative estimate of drug-likeness (QED) is 0.382. The van der Waals surface area contributed by atoms with Crippen molar-refractivity contribution in [1.29, 1.82) is 5.26 Å². The van der Waals surface area contributed by atoms with Gasteiger partial charge in [-0.3, -0.25) is 9.46 Å². The number of allylic oxidation sites excluding steroid dienone is 1. The molecule has 0 aromatic carbocycles.